The second kappa shape index (κ2) is 8.22. The van der Waals surface area contributed by atoms with Gasteiger partial charge in [0, 0.05) is 16.2 Å². The lowest BCUT2D eigenvalue weighted by Gasteiger charge is -2.10. The Hall–Kier alpha value is -1.98. The Labute approximate surface area is 154 Å². The molecule has 0 fully saturated rings. The number of nitrogens with one attached hydrogen (secondary N) is 1. The minimum Gasteiger partial charge on any atom is -0.493 e. The van der Waals surface area contributed by atoms with Crippen LogP contribution in [0.2, 0.25) is 5.02 Å². The van der Waals surface area contributed by atoms with E-state index in [1.165, 1.54) is 20.3 Å². The van der Waals surface area contributed by atoms with Gasteiger partial charge in [-0.25, -0.2) is 0 Å². The molecule has 2 rings (SSSR count). The molecule has 0 saturated heterocycles. The Morgan fingerprint density at radius 3 is 2.58 bits per heavy atom. The largest absolute Gasteiger partial charge is 0.493 e. The third-order valence-electron chi connectivity index (χ3n) is 3.33. The molecular weight excluding hydrogens is 394 g/mol. The van der Waals surface area contributed by atoms with E-state index < -0.39 is 0 Å². The monoisotopic (exact) mass is 409 g/mol. The van der Waals surface area contributed by atoms with Gasteiger partial charge in [-0.05, 0) is 54.5 Å². The number of hydrogen-bond donors (Lipinski definition) is 1. The van der Waals surface area contributed by atoms with Crippen molar-refractivity contribution >= 4 is 45.2 Å². The van der Waals surface area contributed by atoms with Gasteiger partial charge in [0.1, 0.15) is 0 Å². The molecule has 0 radical (unpaired) electrons. The van der Waals surface area contributed by atoms with Gasteiger partial charge >= 0.3 is 0 Å². The SMILES string of the molecule is COc1cc(/C=C/C(=O)Nc2ccc(Br)cc2C)cc(Cl)c1OC. The van der Waals surface area contributed by atoms with Crippen LogP contribution in [-0.4, -0.2) is 20.1 Å². The van der Waals surface area contributed by atoms with E-state index in [4.69, 9.17) is 21.1 Å². The fourth-order valence-corrected chi connectivity index (χ4v) is 2.92. The van der Waals surface area contributed by atoms with E-state index in [1.807, 2.05) is 25.1 Å². The first kappa shape index (κ1) is 18.4. The van der Waals surface area contributed by atoms with Crippen LogP contribution in [-0.2, 0) is 4.79 Å². The molecule has 0 aromatic heterocycles. The van der Waals surface area contributed by atoms with Gasteiger partial charge in [0.15, 0.2) is 11.5 Å². The average molecular weight is 411 g/mol. The molecule has 126 valence electrons. The van der Waals surface area contributed by atoms with Crippen molar-refractivity contribution in [3.63, 3.8) is 0 Å². The zero-order chi connectivity index (χ0) is 17.7. The number of carbonyl (C=O) groups is 1. The number of benzene rings is 2. The zero-order valence-electron chi connectivity index (χ0n) is 13.5. The summed E-state index contributed by atoms with van der Waals surface area (Å²) in [7, 11) is 3.05. The summed E-state index contributed by atoms with van der Waals surface area (Å²) in [5, 5.41) is 3.26. The molecule has 0 unspecified atom stereocenters. The van der Waals surface area contributed by atoms with Gasteiger partial charge in [0.05, 0.1) is 19.2 Å². The highest BCUT2D eigenvalue weighted by atomic mass is 79.9. The number of hydrogen-bond acceptors (Lipinski definition) is 3. The van der Waals surface area contributed by atoms with E-state index >= 15 is 0 Å². The maximum absolute atomic E-state index is 12.1. The van der Waals surface area contributed by atoms with Crippen molar-refractivity contribution in [3.8, 4) is 11.5 Å². The molecule has 0 spiro atoms. The number of halogens is 2. The van der Waals surface area contributed by atoms with Gasteiger partial charge < -0.3 is 14.8 Å². The predicted octanol–water partition coefficient (Wildman–Crippen LogP) is 5.08. The van der Waals surface area contributed by atoms with Crippen LogP contribution in [0.5, 0.6) is 11.5 Å². The molecular formula is C18H17BrClNO3. The highest BCUT2D eigenvalue weighted by Gasteiger charge is 2.10. The summed E-state index contributed by atoms with van der Waals surface area (Å²) in [6.07, 6.45) is 3.11. The molecule has 0 heterocycles. The van der Waals surface area contributed by atoms with Crippen LogP contribution in [0.4, 0.5) is 5.69 Å². The van der Waals surface area contributed by atoms with Crippen LogP contribution in [0.15, 0.2) is 40.9 Å². The summed E-state index contributed by atoms with van der Waals surface area (Å²) in [5.41, 5.74) is 2.47. The minimum absolute atomic E-state index is 0.230. The van der Waals surface area contributed by atoms with Crippen LogP contribution in [0.1, 0.15) is 11.1 Å². The molecule has 0 aliphatic carbocycles. The van der Waals surface area contributed by atoms with Crippen LogP contribution < -0.4 is 14.8 Å². The summed E-state index contributed by atoms with van der Waals surface area (Å²) in [4.78, 5) is 12.1. The normalized spacial score (nSPS) is 10.7. The molecule has 1 N–H and O–H groups in total. The van der Waals surface area contributed by atoms with E-state index in [0.29, 0.717) is 16.5 Å². The summed E-state index contributed by atoms with van der Waals surface area (Å²) < 4.78 is 11.4. The van der Waals surface area contributed by atoms with E-state index in [1.54, 1.807) is 18.2 Å². The number of rotatable bonds is 5. The summed E-state index contributed by atoms with van der Waals surface area (Å²) in [6.45, 7) is 1.93. The molecule has 0 aliphatic rings. The van der Waals surface area contributed by atoms with Crippen molar-refractivity contribution in [2.24, 2.45) is 0 Å². The van der Waals surface area contributed by atoms with Crippen molar-refractivity contribution in [1.82, 2.24) is 0 Å². The Kier molecular flexibility index (Phi) is 6.29. The summed E-state index contributed by atoms with van der Waals surface area (Å²) in [5.74, 6) is 0.742. The average Bonchev–Trinajstić information content (AvgIpc) is 2.55. The number of methoxy groups -OCH3 is 2. The number of ether oxygens (including phenoxy) is 2. The lowest BCUT2D eigenvalue weighted by atomic mass is 10.1. The highest BCUT2D eigenvalue weighted by molar-refractivity contribution is 9.10. The van der Waals surface area contributed by atoms with E-state index in [0.717, 1.165) is 21.3 Å². The van der Waals surface area contributed by atoms with Crippen molar-refractivity contribution in [2.45, 2.75) is 6.92 Å². The first-order valence-electron chi connectivity index (χ1n) is 7.11. The molecule has 2 aromatic rings. The maximum atomic E-state index is 12.1. The standard InChI is InChI=1S/C18H17BrClNO3/c1-11-8-13(19)5-6-15(11)21-17(22)7-4-12-9-14(20)18(24-3)16(10-12)23-2/h4-10H,1-3H3,(H,21,22)/b7-4+. The second-order valence-electron chi connectivity index (χ2n) is 5.02. The fourth-order valence-electron chi connectivity index (χ4n) is 2.15. The zero-order valence-corrected chi connectivity index (χ0v) is 15.9. The number of carbonyl (C=O) groups excluding carboxylic acids is 1. The van der Waals surface area contributed by atoms with E-state index in [9.17, 15) is 4.79 Å². The van der Waals surface area contributed by atoms with Crippen molar-refractivity contribution in [3.05, 3.63) is 57.0 Å². The highest BCUT2D eigenvalue weighted by Crippen LogP contribution is 2.36. The van der Waals surface area contributed by atoms with Gasteiger partial charge in [-0.1, -0.05) is 27.5 Å². The summed E-state index contributed by atoms with van der Waals surface area (Å²) in [6, 6.07) is 9.11. The predicted molar refractivity (Wildman–Crippen MR) is 101 cm³/mol. The Morgan fingerprint density at radius 2 is 1.96 bits per heavy atom. The van der Waals surface area contributed by atoms with Crippen molar-refractivity contribution < 1.29 is 14.3 Å². The first-order chi connectivity index (χ1) is 11.4. The molecule has 0 atom stereocenters. The van der Waals surface area contributed by atoms with Crippen LogP contribution in [0.3, 0.4) is 0 Å². The molecule has 4 nitrogen and oxygen atoms in total. The van der Waals surface area contributed by atoms with Gasteiger partial charge in [0.2, 0.25) is 5.91 Å². The maximum Gasteiger partial charge on any atom is 0.248 e. The quantitative estimate of drug-likeness (QED) is 0.699. The van der Waals surface area contributed by atoms with Crippen molar-refractivity contribution in [1.29, 1.82) is 0 Å². The summed E-state index contributed by atoms with van der Waals surface area (Å²) >= 11 is 9.54. The molecule has 2 aromatic carbocycles. The van der Waals surface area contributed by atoms with Crippen molar-refractivity contribution in [2.75, 3.05) is 19.5 Å². The number of amides is 1. The Balaban J connectivity index is 2.15. The third-order valence-corrected chi connectivity index (χ3v) is 4.10. The lowest BCUT2D eigenvalue weighted by Crippen LogP contribution is -2.08. The topological polar surface area (TPSA) is 47.6 Å². The molecule has 6 heteroatoms. The smallest absolute Gasteiger partial charge is 0.248 e. The second-order valence-corrected chi connectivity index (χ2v) is 6.34. The minimum atomic E-state index is -0.230. The molecule has 1 amide bonds. The molecule has 24 heavy (non-hydrogen) atoms. The van der Waals surface area contributed by atoms with Gasteiger partial charge in [-0.2, -0.15) is 0 Å². The molecule has 0 bridgehead atoms. The number of aryl methyl sites for hydroxylation is 1. The van der Waals surface area contributed by atoms with Gasteiger partial charge in [0.25, 0.3) is 0 Å². The van der Waals surface area contributed by atoms with Crippen LogP contribution >= 0.6 is 27.5 Å². The molecule has 0 aliphatic heterocycles. The Morgan fingerprint density at radius 1 is 1.21 bits per heavy atom. The number of anilines is 1. The van der Waals surface area contributed by atoms with Gasteiger partial charge in [-0.15, -0.1) is 0 Å². The lowest BCUT2D eigenvalue weighted by molar-refractivity contribution is -0.111. The Bertz CT molecular complexity index is 790. The first-order valence-corrected chi connectivity index (χ1v) is 8.28. The van der Waals surface area contributed by atoms with Crippen LogP contribution in [0.25, 0.3) is 6.08 Å². The molecule has 0 saturated carbocycles. The van der Waals surface area contributed by atoms with E-state index in [2.05, 4.69) is 21.2 Å². The fraction of sp³-hybridized carbons (Fsp3) is 0.167. The van der Waals surface area contributed by atoms with E-state index in [-0.39, 0.29) is 5.91 Å². The van der Waals surface area contributed by atoms with Crippen LogP contribution in [0, 0.1) is 6.92 Å². The third kappa shape index (κ3) is 4.52. The van der Waals surface area contributed by atoms with Gasteiger partial charge in [-0.3, -0.25) is 4.79 Å².